The highest BCUT2D eigenvalue weighted by Gasteiger charge is 2.31. The van der Waals surface area contributed by atoms with E-state index < -0.39 is 6.23 Å². The molecule has 3 atom stereocenters. The average Bonchev–Trinajstić information content (AvgIpc) is 3.15. The van der Waals surface area contributed by atoms with Crippen LogP contribution in [0.4, 0.5) is 11.4 Å². The van der Waals surface area contributed by atoms with Crippen molar-refractivity contribution in [3.8, 4) is 5.75 Å². The Bertz CT molecular complexity index is 542. The van der Waals surface area contributed by atoms with Crippen LogP contribution in [0.2, 0.25) is 0 Å². The van der Waals surface area contributed by atoms with Gasteiger partial charge in [0, 0.05) is 6.07 Å². The Morgan fingerprint density at radius 3 is 2.86 bits per heavy atom. The summed E-state index contributed by atoms with van der Waals surface area (Å²) in [6.45, 7) is 2.33. The lowest BCUT2D eigenvalue weighted by atomic mass is 10.0. The lowest BCUT2D eigenvalue weighted by molar-refractivity contribution is 0.266. The van der Waals surface area contributed by atoms with Gasteiger partial charge in [-0.15, -0.1) is 0 Å². The summed E-state index contributed by atoms with van der Waals surface area (Å²) in [6, 6.07) is 4.99. The summed E-state index contributed by atoms with van der Waals surface area (Å²) < 4.78 is 0. The molecule has 1 saturated carbocycles. The van der Waals surface area contributed by atoms with Crippen molar-refractivity contribution < 1.29 is 10.2 Å². The molecule has 2 aliphatic rings. The fourth-order valence-corrected chi connectivity index (χ4v) is 3.07. The Balaban J connectivity index is 1.49. The zero-order valence-electron chi connectivity index (χ0n) is 12.5. The maximum atomic E-state index is 10.1. The minimum Gasteiger partial charge on any atom is -0.508 e. The molecule has 1 heterocycles. The van der Waals surface area contributed by atoms with Crippen molar-refractivity contribution in [2.75, 3.05) is 5.32 Å². The van der Waals surface area contributed by atoms with Gasteiger partial charge in [-0.3, -0.25) is 4.99 Å². The molecular formula is C17H24N2O2. The molecular weight excluding hydrogens is 264 g/mol. The Labute approximate surface area is 125 Å². The molecule has 4 nitrogen and oxygen atoms in total. The lowest BCUT2D eigenvalue weighted by Crippen LogP contribution is -2.31. The van der Waals surface area contributed by atoms with E-state index in [9.17, 15) is 10.2 Å². The highest BCUT2D eigenvalue weighted by Crippen LogP contribution is 2.41. The van der Waals surface area contributed by atoms with Crippen molar-refractivity contribution in [1.29, 1.82) is 0 Å². The molecule has 0 spiro atoms. The first-order valence-electron chi connectivity index (χ1n) is 7.98. The molecule has 0 amide bonds. The number of hydrogen-bond donors (Lipinski definition) is 3. The number of hydrogen-bond acceptors (Lipinski definition) is 4. The number of phenols is 1. The van der Waals surface area contributed by atoms with Crippen LogP contribution in [0.25, 0.3) is 0 Å². The number of anilines is 1. The average molecular weight is 288 g/mol. The van der Waals surface area contributed by atoms with Gasteiger partial charge in [-0.25, -0.2) is 0 Å². The van der Waals surface area contributed by atoms with Crippen molar-refractivity contribution >= 4 is 17.1 Å². The van der Waals surface area contributed by atoms with Crippen LogP contribution in [0.5, 0.6) is 5.75 Å². The highest BCUT2D eigenvalue weighted by molar-refractivity contribution is 5.97. The van der Waals surface area contributed by atoms with Crippen LogP contribution in [-0.2, 0) is 0 Å². The topological polar surface area (TPSA) is 64.9 Å². The predicted octanol–water partition coefficient (Wildman–Crippen LogP) is 3.82. The maximum Gasteiger partial charge on any atom is 0.164 e. The van der Waals surface area contributed by atoms with Crippen LogP contribution >= 0.6 is 0 Å². The van der Waals surface area contributed by atoms with E-state index in [2.05, 4.69) is 17.2 Å². The summed E-state index contributed by atoms with van der Waals surface area (Å²) in [6.07, 6.45) is 6.44. The van der Waals surface area contributed by atoms with Gasteiger partial charge in [-0.2, -0.15) is 0 Å². The number of aliphatic hydroxyl groups excluding tert-OH is 1. The fourth-order valence-electron chi connectivity index (χ4n) is 3.07. The lowest BCUT2D eigenvalue weighted by Gasteiger charge is -2.23. The SMILES string of the molecule is CC1CC1CCCCCC1=Nc2ccc(O)cc2NC1O. The van der Waals surface area contributed by atoms with E-state index >= 15 is 0 Å². The van der Waals surface area contributed by atoms with Crippen molar-refractivity contribution in [3.63, 3.8) is 0 Å². The Morgan fingerprint density at radius 2 is 2.10 bits per heavy atom. The smallest absolute Gasteiger partial charge is 0.164 e. The summed E-state index contributed by atoms with van der Waals surface area (Å²) in [4.78, 5) is 4.52. The number of aromatic hydroxyl groups is 1. The first kappa shape index (κ1) is 14.4. The van der Waals surface area contributed by atoms with E-state index in [4.69, 9.17) is 0 Å². The third-order valence-corrected chi connectivity index (χ3v) is 4.64. The van der Waals surface area contributed by atoms with E-state index in [1.165, 1.54) is 25.7 Å². The van der Waals surface area contributed by atoms with Crippen molar-refractivity contribution in [1.82, 2.24) is 0 Å². The van der Waals surface area contributed by atoms with E-state index in [0.29, 0.717) is 5.69 Å². The number of phenolic OH excluding ortho intramolecular Hbond substituents is 1. The second kappa shape index (κ2) is 6.06. The van der Waals surface area contributed by atoms with Crippen LogP contribution in [0, 0.1) is 11.8 Å². The third kappa shape index (κ3) is 3.56. The number of unbranched alkanes of at least 4 members (excludes halogenated alkanes) is 2. The molecule has 0 bridgehead atoms. The number of aliphatic hydroxyl groups is 1. The molecule has 0 radical (unpaired) electrons. The van der Waals surface area contributed by atoms with Gasteiger partial charge in [0.15, 0.2) is 6.23 Å². The molecule has 1 aliphatic carbocycles. The molecule has 1 fully saturated rings. The highest BCUT2D eigenvalue weighted by atomic mass is 16.3. The number of fused-ring (bicyclic) bond motifs is 1. The van der Waals surface area contributed by atoms with Gasteiger partial charge < -0.3 is 15.5 Å². The van der Waals surface area contributed by atoms with Crippen LogP contribution in [0.15, 0.2) is 23.2 Å². The summed E-state index contributed by atoms with van der Waals surface area (Å²) in [5.74, 6) is 2.11. The van der Waals surface area contributed by atoms with Crippen LogP contribution in [-0.4, -0.2) is 22.2 Å². The molecule has 1 aromatic carbocycles. The number of nitrogens with one attached hydrogen (secondary N) is 1. The predicted molar refractivity (Wildman–Crippen MR) is 85.2 cm³/mol. The van der Waals surface area contributed by atoms with Gasteiger partial charge in [0.25, 0.3) is 0 Å². The summed E-state index contributed by atoms with van der Waals surface area (Å²) in [5, 5.41) is 22.5. The fraction of sp³-hybridized carbons (Fsp3) is 0.588. The zero-order valence-corrected chi connectivity index (χ0v) is 12.5. The Morgan fingerprint density at radius 1 is 1.29 bits per heavy atom. The molecule has 3 unspecified atom stereocenters. The molecule has 4 heteroatoms. The molecule has 114 valence electrons. The zero-order chi connectivity index (χ0) is 14.8. The number of benzene rings is 1. The van der Waals surface area contributed by atoms with E-state index in [-0.39, 0.29) is 5.75 Å². The normalized spacial score (nSPS) is 26.8. The maximum absolute atomic E-state index is 10.1. The first-order valence-corrected chi connectivity index (χ1v) is 7.98. The summed E-state index contributed by atoms with van der Waals surface area (Å²) in [5.41, 5.74) is 2.28. The summed E-state index contributed by atoms with van der Waals surface area (Å²) in [7, 11) is 0. The Kier molecular flexibility index (Phi) is 4.15. The molecule has 21 heavy (non-hydrogen) atoms. The van der Waals surface area contributed by atoms with E-state index in [1.807, 2.05) is 0 Å². The minimum atomic E-state index is -0.734. The second-order valence-electron chi connectivity index (χ2n) is 6.42. The van der Waals surface area contributed by atoms with E-state index in [1.54, 1.807) is 18.2 Å². The van der Waals surface area contributed by atoms with Gasteiger partial charge in [0.1, 0.15) is 5.75 Å². The molecule has 3 rings (SSSR count). The first-order chi connectivity index (χ1) is 10.1. The van der Waals surface area contributed by atoms with E-state index in [0.717, 1.165) is 36.1 Å². The second-order valence-corrected chi connectivity index (χ2v) is 6.42. The van der Waals surface area contributed by atoms with Gasteiger partial charge in [0.05, 0.1) is 17.1 Å². The Hall–Kier alpha value is -1.55. The van der Waals surface area contributed by atoms with Crippen LogP contribution in [0.3, 0.4) is 0 Å². The van der Waals surface area contributed by atoms with Crippen molar-refractivity contribution in [2.45, 2.75) is 51.7 Å². The molecule has 1 aliphatic heterocycles. The van der Waals surface area contributed by atoms with Crippen molar-refractivity contribution in [2.24, 2.45) is 16.8 Å². The van der Waals surface area contributed by atoms with Gasteiger partial charge >= 0.3 is 0 Å². The molecule has 3 N–H and O–H groups in total. The monoisotopic (exact) mass is 288 g/mol. The van der Waals surface area contributed by atoms with Crippen LogP contribution in [0.1, 0.15) is 45.4 Å². The quantitative estimate of drug-likeness (QED) is 0.697. The molecule has 0 saturated heterocycles. The van der Waals surface area contributed by atoms with Gasteiger partial charge in [0.2, 0.25) is 0 Å². The third-order valence-electron chi connectivity index (χ3n) is 4.64. The standard InChI is InChI=1S/C17H24N2O2/c1-11-9-12(11)5-3-2-4-6-15-17(21)19-16-10-13(20)7-8-14(16)18-15/h7-8,10-12,17,19-21H,2-6,9H2,1H3. The van der Waals surface area contributed by atoms with Crippen LogP contribution < -0.4 is 5.32 Å². The molecule has 1 aromatic rings. The molecule has 0 aromatic heterocycles. The number of nitrogens with zero attached hydrogens (tertiary/aromatic N) is 1. The largest absolute Gasteiger partial charge is 0.508 e. The van der Waals surface area contributed by atoms with Crippen molar-refractivity contribution in [3.05, 3.63) is 18.2 Å². The number of rotatable bonds is 6. The minimum absolute atomic E-state index is 0.182. The van der Waals surface area contributed by atoms with Gasteiger partial charge in [-0.1, -0.05) is 26.2 Å². The van der Waals surface area contributed by atoms with Gasteiger partial charge in [-0.05, 0) is 43.2 Å². The summed E-state index contributed by atoms with van der Waals surface area (Å²) >= 11 is 0. The number of aliphatic imine (C=N–C) groups is 1.